The van der Waals surface area contributed by atoms with Gasteiger partial charge in [-0.2, -0.15) is 0 Å². The van der Waals surface area contributed by atoms with Crippen LogP contribution in [0, 0.1) is 0 Å². The summed E-state index contributed by atoms with van der Waals surface area (Å²) in [7, 11) is 1.63. The summed E-state index contributed by atoms with van der Waals surface area (Å²) in [6, 6.07) is 7.67. The molecule has 0 aromatic heterocycles. The van der Waals surface area contributed by atoms with Gasteiger partial charge in [0.1, 0.15) is 11.4 Å². The highest BCUT2D eigenvalue weighted by Crippen LogP contribution is 2.51. The average Bonchev–Trinajstić information content (AvgIpc) is 3.30. The van der Waals surface area contributed by atoms with Crippen LogP contribution in [0.15, 0.2) is 47.7 Å². The van der Waals surface area contributed by atoms with Crippen LogP contribution in [-0.2, 0) is 19.7 Å². The third-order valence-electron chi connectivity index (χ3n) is 6.23. The highest BCUT2D eigenvalue weighted by Gasteiger charge is 2.57. The molecule has 1 saturated carbocycles. The fourth-order valence-corrected chi connectivity index (χ4v) is 4.55. The molecule has 0 radical (unpaired) electrons. The number of hydrogen-bond acceptors (Lipinski definition) is 5. The SMILES string of the molecule is COc1ccc(C2(C(=O)N3CC=CC4=C3C(=O)OC43CCNC3)CC2)cc1. The normalized spacial score (nSPS) is 27.7. The van der Waals surface area contributed by atoms with E-state index >= 15 is 0 Å². The van der Waals surface area contributed by atoms with Gasteiger partial charge in [0, 0.05) is 25.1 Å². The first-order valence-corrected chi connectivity index (χ1v) is 9.42. The second-order valence-corrected chi connectivity index (χ2v) is 7.70. The maximum atomic E-state index is 13.5. The molecule has 3 aliphatic heterocycles. The predicted octanol–water partition coefficient (Wildman–Crippen LogP) is 1.67. The van der Waals surface area contributed by atoms with Crippen LogP contribution in [0.5, 0.6) is 5.75 Å². The smallest absolute Gasteiger partial charge is 0.356 e. The lowest BCUT2D eigenvalue weighted by atomic mass is 9.89. The van der Waals surface area contributed by atoms with Crippen LogP contribution in [0.3, 0.4) is 0 Å². The topological polar surface area (TPSA) is 67.9 Å². The fourth-order valence-electron chi connectivity index (χ4n) is 4.55. The Kier molecular flexibility index (Phi) is 3.49. The number of nitrogens with zero attached hydrogens (tertiary/aromatic N) is 1. The van der Waals surface area contributed by atoms with E-state index in [-0.39, 0.29) is 11.9 Å². The summed E-state index contributed by atoms with van der Waals surface area (Å²) >= 11 is 0. The number of carbonyl (C=O) groups is 2. The first kappa shape index (κ1) is 16.6. The third-order valence-corrected chi connectivity index (χ3v) is 6.23. The molecule has 1 atom stereocenters. The molecule has 140 valence electrons. The molecule has 27 heavy (non-hydrogen) atoms. The van der Waals surface area contributed by atoms with E-state index in [4.69, 9.17) is 9.47 Å². The minimum absolute atomic E-state index is 0.00975. The summed E-state index contributed by atoms with van der Waals surface area (Å²) in [4.78, 5) is 27.9. The van der Waals surface area contributed by atoms with E-state index in [0.29, 0.717) is 18.8 Å². The van der Waals surface area contributed by atoms with Gasteiger partial charge in [-0.05, 0) is 37.1 Å². The van der Waals surface area contributed by atoms with Crippen molar-refractivity contribution in [1.82, 2.24) is 10.2 Å². The van der Waals surface area contributed by atoms with E-state index in [0.717, 1.165) is 42.7 Å². The number of rotatable bonds is 3. The molecule has 5 rings (SSSR count). The van der Waals surface area contributed by atoms with Crippen molar-refractivity contribution < 1.29 is 19.1 Å². The highest BCUT2D eigenvalue weighted by atomic mass is 16.6. The Morgan fingerprint density at radius 3 is 2.63 bits per heavy atom. The van der Waals surface area contributed by atoms with E-state index < -0.39 is 11.0 Å². The number of benzene rings is 1. The zero-order valence-corrected chi connectivity index (χ0v) is 15.3. The first-order chi connectivity index (χ1) is 13.1. The standard InChI is InChI=1S/C21H22N2O4/c1-26-15-6-4-14(5-7-15)20(8-9-20)19(25)23-12-2-3-16-17(23)18(24)27-21(16)10-11-22-13-21/h2-7,22H,8-13H2,1H3. The Balaban J connectivity index is 1.50. The highest BCUT2D eigenvalue weighted by molar-refractivity contribution is 6.02. The molecule has 1 amide bonds. The molecule has 1 unspecified atom stereocenters. The maximum Gasteiger partial charge on any atom is 0.356 e. The van der Waals surface area contributed by atoms with E-state index in [1.807, 2.05) is 36.4 Å². The van der Waals surface area contributed by atoms with Crippen LogP contribution in [0.2, 0.25) is 0 Å². The molecule has 1 aliphatic carbocycles. The van der Waals surface area contributed by atoms with Crippen LogP contribution in [0.4, 0.5) is 0 Å². The zero-order valence-electron chi connectivity index (χ0n) is 15.3. The molecule has 6 heteroatoms. The van der Waals surface area contributed by atoms with E-state index in [2.05, 4.69) is 5.32 Å². The zero-order chi connectivity index (χ0) is 18.6. The maximum absolute atomic E-state index is 13.5. The molecule has 4 aliphatic rings. The van der Waals surface area contributed by atoms with Gasteiger partial charge in [0.2, 0.25) is 5.91 Å². The van der Waals surface area contributed by atoms with Crippen molar-refractivity contribution in [3.8, 4) is 5.75 Å². The minimum Gasteiger partial charge on any atom is -0.497 e. The Bertz CT molecular complexity index is 874. The average molecular weight is 366 g/mol. The molecule has 1 spiro atoms. The molecular formula is C21H22N2O4. The van der Waals surface area contributed by atoms with Crippen molar-refractivity contribution in [2.45, 2.75) is 30.3 Å². The fraction of sp³-hybridized carbons (Fsp3) is 0.429. The number of esters is 1. The van der Waals surface area contributed by atoms with Crippen molar-refractivity contribution in [3.63, 3.8) is 0 Å². The van der Waals surface area contributed by atoms with Crippen LogP contribution in [-0.4, -0.2) is 49.1 Å². The lowest BCUT2D eigenvalue weighted by Gasteiger charge is -2.29. The van der Waals surface area contributed by atoms with E-state index in [1.165, 1.54) is 0 Å². The number of amides is 1. The summed E-state index contributed by atoms with van der Waals surface area (Å²) in [5, 5.41) is 3.27. The molecule has 1 saturated heterocycles. The van der Waals surface area contributed by atoms with Crippen LogP contribution in [0.25, 0.3) is 0 Å². The van der Waals surface area contributed by atoms with Gasteiger partial charge in [-0.3, -0.25) is 4.79 Å². The Hall–Kier alpha value is -2.60. The summed E-state index contributed by atoms with van der Waals surface area (Å²) in [6.45, 7) is 1.82. The lowest BCUT2D eigenvalue weighted by molar-refractivity contribution is -0.149. The van der Waals surface area contributed by atoms with E-state index in [9.17, 15) is 9.59 Å². The largest absolute Gasteiger partial charge is 0.497 e. The van der Waals surface area contributed by atoms with Crippen molar-refractivity contribution in [1.29, 1.82) is 0 Å². The van der Waals surface area contributed by atoms with Crippen LogP contribution < -0.4 is 10.1 Å². The van der Waals surface area contributed by atoms with Crippen LogP contribution in [0.1, 0.15) is 24.8 Å². The summed E-state index contributed by atoms with van der Waals surface area (Å²) < 4.78 is 11.0. The second kappa shape index (κ2) is 5.70. The second-order valence-electron chi connectivity index (χ2n) is 7.70. The molecule has 3 heterocycles. The van der Waals surface area contributed by atoms with Gasteiger partial charge in [-0.15, -0.1) is 0 Å². The van der Waals surface area contributed by atoms with Gasteiger partial charge >= 0.3 is 5.97 Å². The molecule has 6 nitrogen and oxygen atoms in total. The van der Waals surface area contributed by atoms with Gasteiger partial charge in [0.05, 0.1) is 12.5 Å². The van der Waals surface area contributed by atoms with Crippen LogP contribution >= 0.6 is 0 Å². The molecule has 1 aromatic rings. The quantitative estimate of drug-likeness (QED) is 0.825. The monoisotopic (exact) mass is 366 g/mol. The van der Waals surface area contributed by atoms with Gasteiger partial charge in [0.15, 0.2) is 5.60 Å². The van der Waals surface area contributed by atoms with Gasteiger partial charge in [-0.1, -0.05) is 24.3 Å². The van der Waals surface area contributed by atoms with Gasteiger partial charge in [0.25, 0.3) is 0 Å². The number of hydrogen-bond donors (Lipinski definition) is 1. The first-order valence-electron chi connectivity index (χ1n) is 9.42. The number of nitrogens with one attached hydrogen (secondary N) is 1. The summed E-state index contributed by atoms with van der Waals surface area (Å²) in [5.74, 6) is 0.379. The van der Waals surface area contributed by atoms with E-state index in [1.54, 1.807) is 12.0 Å². The van der Waals surface area contributed by atoms with Gasteiger partial charge in [-0.25, -0.2) is 4.79 Å². The lowest BCUT2D eigenvalue weighted by Crippen LogP contribution is -2.42. The Morgan fingerprint density at radius 2 is 2.00 bits per heavy atom. The molecular weight excluding hydrogens is 344 g/mol. The van der Waals surface area contributed by atoms with Crippen molar-refractivity contribution in [2.24, 2.45) is 0 Å². The molecule has 2 fully saturated rings. The summed E-state index contributed by atoms with van der Waals surface area (Å²) in [5.41, 5.74) is 1.11. The predicted molar refractivity (Wildman–Crippen MR) is 98.1 cm³/mol. The molecule has 1 N–H and O–H groups in total. The number of carbonyl (C=O) groups excluding carboxylic acids is 2. The Labute approximate surface area is 157 Å². The minimum atomic E-state index is -0.612. The van der Waals surface area contributed by atoms with Crippen molar-refractivity contribution in [2.75, 3.05) is 26.7 Å². The number of ether oxygens (including phenoxy) is 2. The number of fused-ring (bicyclic) bond motifs is 1. The number of methoxy groups -OCH3 is 1. The van der Waals surface area contributed by atoms with Gasteiger partial charge < -0.3 is 19.7 Å². The third kappa shape index (κ3) is 2.29. The molecule has 1 aromatic carbocycles. The van der Waals surface area contributed by atoms with Crippen molar-refractivity contribution >= 4 is 11.9 Å². The Morgan fingerprint density at radius 1 is 1.22 bits per heavy atom. The van der Waals surface area contributed by atoms with Crippen molar-refractivity contribution in [3.05, 3.63) is 53.3 Å². The molecule has 0 bridgehead atoms. The summed E-state index contributed by atoms with van der Waals surface area (Å²) in [6.07, 6.45) is 6.26.